The molecule has 2 aromatic rings. The van der Waals surface area contributed by atoms with Crippen LogP contribution in [0.15, 0.2) is 6.20 Å². The Hall–Kier alpha value is -1.64. The molecule has 1 fully saturated rings. The summed E-state index contributed by atoms with van der Waals surface area (Å²) in [5, 5.41) is 8.73. The second kappa shape index (κ2) is 7.77. The number of hydrogen-bond donors (Lipinski definition) is 1. The fourth-order valence-corrected chi connectivity index (χ4v) is 5.06. The molecule has 1 saturated heterocycles. The molecule has 0 bridgehead atoms. The third-order valence-corrected chi connectivity index (χ3v) is 6.94. The molecule has 0 amide bonds. The highest BCUT2D eigenvalue weighted by Crippen LogP contribution is 2.39. The lowest BCUT2D eigenvalue weighted by molar-refractivity contribution is 0.110. The van der Waals surface area contributed by atoms with Crippen molar-refractivity contribution in [2.24, 2.45) is 7.05 Å². The molecule has 4 rings (SSSR count). The summed E-state index contributed by atoms with van der Waals surface area (Å²) in [4.78, 5) is 13.9. The number of hydrogen-bond acceptors (Lipinski definition) is 7. The number of anilines is 2. The van der Waals surface area contributed by atoms with Gasteiger partial charge in [0, 0.05) is 77.2 Å². The zero-order chi connectivity index (χ0) is 19.0. The van der Waals surface area contributed by atoms with Crippen molar-refractivity contribution in [2.75, 3.05) is 63.1 Å². The third-order valence-electron chi connectivity index (χ3n) is 5.81. The molecule has 27 heavy (non-hydrogen) atoms. The van der Waals surface area contributed by atoms with Gasteiger partial charge in [-0.1, -0.05) is 0 Å². The van der Waals surface area contributed by atoms with Gasteiger partial charge in [0.25, 0.3) is 0 Å². The van der Waals surface area contributed by atoms with Crippen LogP contribution < -0.4 is 10.2 Å². The lowest BCUT2D eigenvalue weighted by Crippen LogP contribution is -2.50. The molecule has 2 aliphatic heterocycles. The SMILES string of the molecule is CNc1nc2c(s1)CCN(CCN1CCN(C(C)C)CC1)c1c-2cnn1C. The standard InChI is InChI=1S/C19H31N7S/c1-14(2)25-10-7-24(8-11-25)9-12-26-6-5-16-17(22-19(20-3)27-16)15-13-21-23(4)18(15)26/h13-14H,5-12H2,1-4H3,(H,20,22). The van der Waals surface area contributed by atoms with E-state index in [1.165, 1.54) is 42.4 Å². The number of rotatable bonds is 5. The van der Waals surface area contributed by atoms with Crippen LogP contribution in [0.2, 0.25) is 0 Å². The third kappa shape index (κ3) is 3.70. The molecule has 0 saturated carbocycles. The van der Waals surface area contributed by atoms with Gasteiger partial charge < -0.3 is 10.2 Å². The summed E-state index contributed by atoms with van der Waals surface area (Å²) in [6.45, 7) is 12.5. The van der Waals surface area contributed by atoms with Crippen LogP contribution in [0, 0.1) is 0 Å². The van der Waals surface area contributed by atoms with Crippen LogP contribution >= 0.6 is 11.3 Å². The predicted molar refractivity (Wildman–Crippen MR) is 113 cm³/mol. The number of piperazine rings is 1. The Kier molecular flexibility index (Phi) is 5.39. The van der Waals surface area contributed by atoms with Crippen molar-refractivity contribution in [3.8, 4) is 11.3 Å². The number of aryl methyl sites for hydroxylation is 1. The summed E-state index contributed by atoms with van der Waals surface area (Å²) in [6.07, 6.45) is 3.03. The van der Waals surface area contributed by atoms with Crippen LogP contribution in [0.25, 0.3) is 11.3 Å². The first-order valence-corrected chi connectivity index (χ1v) is 10.8. The maximum Gasteiger partial charge on any atom is 0.183 e. The van der Waals surface area contributed by atoms with Gasteiger partial charge in [0.05, 0.1) is 17.5 Å². The predicted octanol–water partition coefficient (Wildman–Crippen LogP) is 1.97. The molecule has 0 spiro atoms. The molecule has 0 radical (unpaired) electrons. The first-order valence-electron chi connectivity index (χ1n) is 9.98. The Morgan fingerprint density at radius 3 is 2.63 bits per heavy atom. The molecule has 2 aromatic heterocycles. The Bertz CT molecular complexity index is 773. The molecule has 0 atom stereocenters. The summed E-state index contributed by atoms with van der Waals surface area (Å²) in [6, 6.07) is 0.656. The van der Waals surface area contributed by atoms with Gasteiger partial charge in [-0.25, -0.2) is 4.98 Å². The zero-order valence-electron chi connectivity index (χ0n) is 16.9. The Labute approximate surface area is 166 Å². The minimum atomic E-state index is 0.656. The van der Waals surface area contributed by atoms with E-state index in [2.05, 4.69) is 39.0 Å². The normalized spacial score (nSPS) is 18.5. The van der Waals surface area contributed by atoms with Crippen molar-refractivity contribution in [3.05, 3.63) is 11.1 Å². The second-order valence-corrected chi connectivity index (χ2v) is 8.84. The van der Waals surface area contributed by atoms with E-state index in [-0.39, 0.29) is 0 Å². The number of thiazole rings is 1. The number of fused-ring (bicyclic) bond motifs is 3. The molecule has 0 aliphatic carbocycles. The van der Waals surface area contributed by atoms with Gasteiger partial charge in [-0.15, -0.1) is 11.3 Å². The van der Waals surface area contributed by atoms with Gasteiger partial charge in [-0.05, 0) is 13.8 Å². The molecule has 1 N–H and O–H groups in total. The second-order valence-electron chi connectivity index (χ2n) is 7.75. The molecular formula is C19H31N7S. The highest BCUT2D eigenvalue weighted by Gasteiger charge is 2.27. The van der Waals surface area contributed by atoms with Crippen molar-refractivity contribution in [3.63, 3.8) is 0 Å². The smallest absolute Gasteiger partial charge is 0.183 e. The minimum absolute atomic E-state index is 0.656. The van der Waals surface area contributed by atoms with E-state index in [9.17, 15) is 0 Å². The van der Waals surface area contributed by atoms with E-state index in [0.29, 0.717) is 6.04 Å². The molecular weight excluding hydrogens is 358 g/mol. The lowest BCUT2D eigenvalue weighted by Gasteiger charge is -2.38. The van der Waals surface area contributed by atoms with Crippen LogP contribution in [0.1, 0.15) is 18.7 Å². The van der Waals surface area contributed by atoms with Crippen molar-refractivity contribution in [1.82, 2.24) is 24.6 Å². The van der Waals surface area contributed by atoms with Crippen LogP contribution in [0.4, 0.5) is 10.9 Å². The van der Waals surface area contributed by atoms with Gasteiger partial charge >= 0.3 is 0 Å². The van der Waals surface area contributed by atoms with E-state index < -0.39 is 0 Å². The summed E-state index contributed by atoms with van der Waals surface area (Å²) < 4.78 is 2.01. The van der Waals surface area contributed by atoms with E-state index in [0.717, 1.165) is 36.9 Å². The summed E-state index contributed by atoms with van der Waals surface area (Å²) in [5.74, 6) is 1.21. The van der Waals surface area contributed by atoms with Gasteiger partial charge in [0.15, 0.2) is 5.13 Å². The Morgan fingerprint density at radius 1 is 1.15 bits per heavy atom. The molecule has 0 aromatic carbocycles. The van der Waals surface area contributed by atoms with E-state index in [1.807, 2.05) is 25.0 Å². The molecule has 2 aliphatic rings. The first kappa shape index (κ1) is 18.7. The van der Waals surface area contributed by atoms with E-state index in [4.69, 9.17) is 4.98 Å². The zero-order valence-corrected chi connectivity index (χ0v) is 17.7. The fraction of sp³-hybridized carbons (Fsp3) is 0.684. The molecule has 7 nitrogen and oxygen atoms in total. The van der Waals surface area contributed by atoms with E-state index >= 15 is 0 Å². The van der Waals surface area contributed by atoms with Crippen molar-refractivity contribution in [1.29, 1.82) is 0 Å². The Balaban J connectivity index is 1.46. The van der Waals surface area contributed by atoms with Crippen LogP contribution in [0.3, 0.4) is 0 Å². The highest BCUT2D eigenvalue weighted by atomic mass is 32.1. The lowest BCUT2D eigenvalue weighted by atomic mass is 10.2. The molecule has 4 heterocycles. The van der Waals surface area contributed by atoms with Crippen LogP contribution in [-0.4, -0.2) is 83.5 Å². The molecule has 8 heteroatoms. The molecule has 0 unspecified atom stereocenters. The van der Waals surface area contributed by atoms with Gasteiger partial charge in [0.2, 0.25) is 0 Å². The monoisotopic (exact) mass is 389 g/mol. The number of nitrogens with one attached hydrogen (secondary N) is 1. The Morgan fingerprint density at radius 2 is 1.93 bits per heavy atom. The quantitative estimate of drug-likeness (QED) is 0.844. The van der Waals surface area contributed by atoms with Gasteiger partial charge in [-0.2, -0.15) is 5.10 Å². The van der Waals surface area contributed by atoms with Crippen LogP contribution in [0.5, 0.6) is 0 Å². The largest absolute Gasteiger partial charge is 0.365 e. The number of nitrogens with zero attached hydrogens (tertiary/aromatic N) is 6. The maximum absolute atomic E-state index is 4.80. The van der Waals surface area contributed by atoms with Gasteiger partial charge in [-0.3, -0.25) is 14.5 Å². The van der Waals surface area contributed by atoms with E-state index in [1.54, 1.807) is 11.3 Å². The minimum Gasteiger partial charge on any atom is -0.365 e. The highest BCUT2D eigenvalue weighted by molar-refractivity contribution is 7.16. The average molecular weight is 390 g/mol. The number of aromatic nitrogens is 3. The summed E-state index contributed by atoms with van der Waals surface area (Å²) in [5.41, 5.74) is 2.29. The first-order chi connectivity index (χ1) is 13.1. The summed E-state index contributed by atoms with van der Waals surface area (Å²) in [7, 11) is 3.98. The van der Waals surface area contributed by atoms with Crippen molar-refractivity contribution in [2.45, 2.75) is 26.3 Å². The van der Waals surface area contributed by atoms with Crippen molar-refractivity contribution >= 4 is 22.3 Å². The van der Waals surface area contributed by atoms with Gasteiger partial charge in [0.1, 0.15) is 5.82 Å². The average Bonchev–Trinajstić information content (AvgIpc) is 3.22. The van der Waals surface area contributed by atoms with Crippen molar-refractivity contribution < 1.29 is 0 Å². The fourth-order valence-electron chi connectivity index (χ4n) is 4.14. The summed E-state index contributed by atoms with van der Waals surface area (Å²) >= 11 is 1.77. The van der Waals surface area contributed by atoms with Crippen LogP contribution in [-0.2, 0) is 13.5 Å². The molecule has 148 valence electrons. The topological polar surface area (TPSA) is 52.5 Å². The maximum atomic E-state index is 4.80.